The summed E-state index contributed by atoms with van der Waals surface area (Å²) in [5.41, 5.74) is 8.87. The molecule has 2 aromatic rings. The van der Waals surface area contributed by atoms with Crippen molar-refractivity contribution in [3.05, 3.63) is 71.8 Å². The maximum absolute atomic E-state index is 6.00. The molecule has 1 fully saturated rings. The van der Waals surface area contributed by atoms with Crippen LogP contribution in [0.25, 0.3) is 0 Å². The largest absolute Gasteiger partial charge is 0.330 e. The van der Waals surface area contributed by atoms with Crippen LogP contribution in [0.15, 0.2) is 60.7 Å². The van der Waals surface area contributed by atoms with E-state index in [1.165, 1.54) is 11.1 Å². The molecular weight excluding hydrogens is 292 g/mol. The Morgan fingerprint density at radius 1 is 0.909 bits per heavy atom. The summed E-state index contributed by atoms with van der Waals surface area (Å²) in [6, 6.07) is 21.6. The number of halogens is 1. The lowest BCUT2D eigenvalue weighted by atomic mass is 9.89. The zero-order valence-corrected chi connectivity index (χ0v) is 13.7. The van der Waals surface area contributed by atoms with Crippen LogP contribution in [0.5, 0.6) is 0 Å². The van der Waals surface area contributed by atoms with Gasteiger partial charge in [0.25, 0.3) is 0 Å². The maximum Gasteiger partial charge on any atom is 0.00542 e. The monoisotopic (exact) mass is 316 g/mol. The first-order valence-electron chi connectivity index (χ1n) is 7.88. The third kappa shape index (κ3) is 4.10. The molecule has 2 N–H and O–H groups in total. The van der Waals surface area contributed by atoms with E-state index in [2.05, 4.69) is 65.6 Å². The molecule has 0 aliphatic carbocycles. The van der Waals surface area contributed by atoms with Crippen LogP contribution < -0.4 is 5.73 Å². The molecule has 118 valence electrons. The lowest BCUT2D eigenvalue weighted by molar-refractivity contribution is 0.329. The van der Waals surface area contributed by atoms with Crippen molar-refractivity contribution in [2.24, 2.45) is 11.7 Å². The van der Waals surface area contributed by atoms with Crippen molar-refractivity contribution in [1.29, 1.82) is 0 Å². The van der Waals surface area contributed by atoms with Gasteiger partial charge in [-0.25, -0.2) is 0 Å². The highest BCUT2D eigenvalue weighted by atomic mass is 35.5. The summed E-state index contributed by atoms with van der Waals surface area (Å²) >= 11 is 0. The van der Waals surface area contributed by atoms with Gasteiger partial charge in [-0.15, -0.1) is 12.4 Å². The predicted molar refractivity (Wildman–Crippen MR) is 95.6 cm³/mol. The molecule has 0 aromatic heterocycles. The van der Waals surface area contributed by atoms with E-state index in [0.717, 1.165) is 32.6 Å². The average molecular weight is 317 g/mol. The third-order valence-corrected chi connectivity index (χ3v) is 4.61. The Labute approximate surface area is 139 Å². The third-order valence-electron chi connectivity index (χ3n) is 4.61. The molecule has 2 atom stereocenters. The highest BCUT2D eigenvalue weighted by Gasteiger charge is 2.32. The topological polar surface area (TPSA) is 29.3 Å². The Hall–Kier alpha value is -1.35. The van der Waals surface area contributed by atoms with E-state index in [4.69, 9.17) is 5.73 Å². The minimum atomic E-state index is 0. The van der Waals surface area contributed by atoms with Crippen molar-refractivity contribution < 1.29 is 0 Å². The van der Waals surface area contributed by atoms with Crippen molar-refractivity contribution in [2.45, 2.75) is 12.3 Å². The van der Waals surface area contributed by atoms with E-state index in [1.54, 1.807) is 0 Å². The fourth-order valence-corrected chi connectivity index (χ4v) is 3.39. The number of nitrogens with zero attached hydrogens (tertiary/aromatic N) is 1. The minimum absolute atomic E-state index is 0. The van der Waals surface area contributed by atoms with Gasteiger partial charge in [-0.05, 0) is 30.0 Å². The summed E-state index contributed by atoms with van der Waals surface area (Å²) in [5.74, 6) is 1.18. The number of nitrogens with two attached hydrogens (primary N) is 1. The zero-order chi connectivity index (χ0) is 14.5. The van der Waals surface area contributed by atoms with Crippen LogP contribution in [0.3, 0.4) is 0 Å². The first kappa shape index (κ1) is 17.0. The van der Waals surface area contributed by atoms with E-state index in [0.29, 0.717) is 11.8 Å². The standard InChI is InChI=1S/C19H24N2.ClH/c20-13-18-14-21(12-11-16-7-3-1-4-8-16)15-19(18)17-9-5-2-6-10-17;/h1-10,18-19H,11-15,20H2;1H/t18-,19+;/m1./s1. The van der Waals surface area contributed by atoms with E-state index in [9.17, 15) is 0 Å². The van der Waals surface area contributed by atoms with Gasteiger partial charge in [0, 0.05) is 25.6 Å². The van der Waals surface area contributed by atoms with Crippen molar-refractivity contribution in [2.75, 3.05) is 26.2 Å². The van der Waals surface area contributed by atoms with E-state index in [1.807, 2.05) is 0 Å². The fraction of sp³-hybridized carbons (Fsp3) is 0.368. The van der Waals surface area contributed by atoms with Crippen LogP contribution in [0.4, 0.5) is 0 Å². The average Bonchev–Trinajstić information content (AvgIpc) is 2.98. The Morgan fingerprint density at radius 2 is 1.55 bits per heavy atom. The zero-order valence-electron chi connectivity index (χ0n) is 12.9. The van der Waals surface area contributed by atoms with Gasteiger partial charge in [-0.3, -0.25) is 0 Å². The minimum Gasteiger partial charge on any atom is -0.330 e. The van der Waals surface area contributed by atoms with Gasteiger partial charge in [-0.1, -0.05) is 60.7 Å². The van der Waals surface area contributed by atoms with Crippen molar-refractivity contribution >= 4 is 12.4 Å². The number of hydrogen-bond acceptors (Lipinski definition) is 2. The van der Waals surface area contributed by atoms with Crippen LogP contribution in [-0.4, -0.2) is 31.1 Å². The first-order valence-corrected chi connectivity index (χ1v) is 7.88. The normalized spacial score (nSPS) is 21.5. The summed E-state index contributed by atoms with van der Waals surface area (Å²) < 4.78 is 0. The van der Waals surface area contributed by atoms with Crippen LogP contribution >= 0.6 is 12.4 Å². The number of likely N-dealkylation sites (tertiary alicyclic amines) is 1. The molecule has 0 saturated carbocycles. The van der Waals surface area contributed by atoms with Crippen LogP contribution in [0.1, 0.15) is 17.0 Å². The molecule has 0 bridgehead atoms. The number of rotatable bonds is 5. The Bertz CT molecular complexity index is 544. The van der Waals surface area contributed by atoms with Gasteiger partial charge >= 0.3 is 0 Å². The van der Waals surface area contributed by atoms with Crippen LogP contribution in [0, 0.1) is 5.92 Å². The quantitative estimate of drug-likeness (QED) is 0.917. The van der Waals surface area contributed by atoms with Crippen molar-refractivity contribution in [3.8, 4) is 0 Å². The van der Waals surface area contributed by atoms with Gasteiger partial charge < -0.3 is 10.6 Å². The highest BCUT2D eigenvalue weighted by Crippen LogP contribution is 2.31. The maximum atomic E-state index is 6.00. The van der Waals surface area contributed by atoms with E-state index < -0.39 is 0 Å². The van der Waals surface area contributed by atoms with Crippen molar-refractivity contribution in [3.63, 3.8) is 0 Å². The molecule has 3 rings (SSSR count). The molecule has 22 heavy (non-hydrogen) atoms. The first-order chi connectivity index (χ1) is 10.4. The summed E-state index contributed by atoms with van der Waals surface area (Å²) in [5, 5.41) is 0. The van der Waals surface area contributed by atoms with Crippen molar-refractivity contribution in [1.82, 2.24) is 4.90 Å². The smallest absolute Gasteiger partial charge is 0.00542 e. The second kappa shape index (κ2) is 8.33. The van der Waals surface area contributed by atoms with Gasteiger partial charge in [-0.2, -0.15) is 0 Å². The summed E-state index contributed by atoms with van der Waals surface area (Å²) in [6.45, 7) is 4.17. The number of hydrogen-bond donors (Lipinski definition) is 1. The molecular formula is C19H25ClN2. The second-order valence-electron chi connectivity index (χ2n) is 6.01. The molecule has 3 heteroatoms. The molecule has 0 spiro atoms. The molecule has 2 aromatic carbocycles. The Balaban J connectivity index is 0.00000176. The second-order valence-corrected chi connectivity index (χ2v) is 6.01. The van der Waals surface area contributed by atoms with Gasteiger partial charge in [0.05, 0.1) is 0 Å². The van der Waals surface area contributed by atoms with Crippen LogP contribution in [0.2, 0.25) is 0 Å². The molecule has 0 amide bonds. The van der Waals surface area contributed by atoms with Gasteiger partial charge in [0.15, 0.2) is 0 Å². The molecule has 1 aliphatic rings. The molecule has 1 heterocycles. The molecule has 0 unspecified atom stereocenters. The molecule has 2 nitrogen and oxygen atoms in total. The Morgan fingerprint density at radius 3 is 2.18 bits per heavy atom. The number of benzene rings is 2. The van der Waals surface area contributed by atoms with E-state index >= 15 is 0 Å². The SMILES string of the molecule is Cl.NC[C@@H]1CN(CCc2ccccc2)C[C@H]1c1ccccc1. The lowest BCUT2D eigenvalue weighted by Gasteiger charge is -2.16. The fourth-order valence-electron chi connectivity index (χ4n) is 3.39. The predicted octanol–water partition coefficient (Wildman–Crippen LogP) is 3.33. The van der Waals surface area contributed by atoms with Gasteiger partial charge in [0.1, 0.15) is 0 Å². The molecule has 1 saturated heterocycles. The van der Waals surface area contributed by atoms with Crippen LogP contribution in [-0.2, 0) is 6.42 Å². The summed E-state index contributed by atoms with van der Waals surface area (Å²) in [6.07, 6.45) is 1.12. The lowest BCUT2D eigenvalue weighted by Crippen LogP contribution is -2.25. The van der Waals surface area contributed by atoms with Gasteiger partial charge in [0.2, 0.25) is 0 Å². The Kier molecular flexibility index (Phi) is 6.44. The van der Waals surface area contributed by atoms with E-state index in [-0.39, 0.29) is 12.4 Å². The summed E-state index contributed by atoms with van der Waals surface area (Å²) in [7, 11) is 0. The highest BCUT2D eigenvalue weighted by molar-refractivity contribution is 5.85. The molecule has 0 radical (unpaired) electrons. The summed E-state index contributed by atoms with van der Waals surface area (Å²) in [4.78, 5) is 2.57. The molecule has 1 aliphatic heterocycles.